The Morgan fingerprint density at radius 2 is 2.24 bits per heavy atom. The fraction of sp³-hybridized carbons (Fsp3) is 0.231. The minimum Gasteiger partial charge on any atom is -0.507 e. The molecule has 0 aliphatic rings. The Kier molecular flexibility index (Phi) is 2.84. The molecule has 0 aliphatic heterocycles. The summed E-state index contributed by atoms with van der Waals surface area (Å²) in [4.78, 5) is 4.22. The van der Waals surface area contributed by atoms with Gasteiger partial charge in [-0.25, -0.2) is 4.98 Å². The maximum Gasteiger partial charge on any atom is 0.232 e. The lowest BCUT2D eigenvalue weighted by Gasteiger charge is -2.10. The van der Waals surface area contributed by atoms with Crippen LogP contribution in [0.4, 0.5) is 0 Å². The Labute approximate surface area is 99.1 Å². The molecular formula is C13H12N2O2. The van der Waals surface area contributed by atoms with Crippen LogP contribution in [0.1, 0.15) is 18.2 Å². The van der Waals surface area contributed by atoms with Crippen molar-refractivity contribution in [2.75, 3.05) is 6.61 Å². The summed E-state index contributed by atoms with van der Waals surface area (Å²) in [6.07, 6.45) is 0. The average Bonchev–Trinajstić information content (AvgIpc) is 2.29. The summed E-state index contributed by atoms with van der Waals surface area (Å²) in [5.41, 5.74) is 1.02. The van der Waals surface area contributed by atoms with Crippen LogP contribution in [0.25, 0.3) is 10.8 Å². The first kappa shape index (κ1) is 11.2. The van der Waals surface area contributed by atoms with Crippen molar-refractivity contribution in [1.29, 1.82) is 5.26 Å². The van der Waals surface area contributed by atoms with Gasteiger partial charge in [-0.3, -0.25) is 0 Å². The molecule has 0 atom stereocenters. The highest BCUT2D eigenvalue weighted by molar-refractivity contribution is 5.95. The van der Waals surface area contributed by atoms with E-state index in [1.165, 1.54) is 0 Å². The van der Waals surface area contributed by atoms with Gasteiger partial charge >= 0.3 is 0 Å². The molecule has 0 bridgehead atoms. The molecule has 0 spiro atoms. The highest BCUT2D eigenvalue weighted by Gasteiger charge is 2.14. The molecule has 1 aromatic carbocycles. The topological polar surface area (TPSA) is 66.1 Å². The van der Waals surface area contributed by atoms with E-state index < -0.39 is 0 Å². The quantitative estimate of drug-likeness (QED) is 0.857. The number of aromatic hydroxyl groups is 1. The molecule has 2 rings (SSSR count). The first-order chi connectivity index (χ1) is 8.19. The van der Waals surface area contributed by atoms with E-state index in [0.717, 1.165) is 0 Å². The average molecular weight is 228 g/mol. The van der Waals surface area contributed by atoms with Crippen molar-refractivity contribution in [3.8, 4) is 17.7 Å². The van der Waals surface area contributed by atoms with Crippen LogP contribution in [0, 0.1) is 18.3 Å². The number of ether oxygens (including phenoxy) is 1. The Morgan fingerprint density at radius 1 is 1.47 bits per heavy atom. The van der Waals surface area contributed by atoms with Gasteiger partial charge in [0.15, 0.2) is 0 Å². The fourth-order valence-corrected chi connectivity index (χ4v) is 1.86. The lowest BCUT2D eigenvalue weighted by molar-refractivity contribution is 0.326. The summed E-state index contributed by atoms with van der Waals surface area (Å²) in [5, 5.41) is 20.2. The standard InChI is InChI=1S/C13H12N2O2/c1-3-17-13-10(7-14)9-5-4-6-11(16)12(9)8(2)15-13/h4-6,16H,3H2,1-2H3. The van der Waals surface area contributed by atoms with Crippen LogP contribution >= 0.6 is 0 Å². The number of nitriles is 1. The second kappa shape index (κ2) is 4.30. The smallest absolute Gasteiger partial charge is 0.232 e. The predicted octanol–water partition coefficient (Wildman–Crippen LogP) is 2.52. The van der Waals surface area contributed by atoms with Crippen molar-refractivity contribution in [2.24, 2.45) is 0 Å². The fourth-order valence-electron chi connectivity index (χ4n) is 1.86. The van der Waals surface area contributed by atoms with Crippen LogP contribution in [-0.4, -0.2) is 16.7 Å². The lowest BCUT2D eigenvalue weighted by Crippen LogP contribution is -2.00. The van der Waals surface area contributed by atoms with Crippen LogP contribution < -0.4 is 4.74 Å². The lowest BCUT2D eigenvalue weighted by atomic mass is 10.0. The Hall–Kier alpha value is -2.28. The molecule has 0 radical (unpaired) electrons. The molecule has 1 heterocycles. The molecule has 1 N–H and O–H groups in total. The molecule has 0 unspecified atom stereocenters. The Morgan fingerprint density at radius 3 is 2.88 bits per heavy atom. The summed E-state index contributed by atoms with van der Waals surface area (Å²) in [6.45, 7) is 4.07. The number of phenols is 1. The van der Waals surface area contributed by atoms with E-state index in [2.05, 4.69) is 11.1 Å². The predicted molar refractivity (Wildman–Crippen MR) is 64.0 cm³/mol. The summed E-state index contributed by atoms with van der Waals surface area (Å²) in [5.74, 6) is 0.456. The molecular weight excluding hydrogens is 216 g/mol. The van der Waals surface area contributed by atoms with Gasteiger partial charge in [0.05, 0.1) is 12.3 Å². The van der Waals surface area contributed by atoms with Crippen molar-refractivity contribution >= 4 is 10.8 Å². The zero-order valence-electron chi connectivity index (χ0n) is 9.69. The number of hydrogen-bond donors (Lipinski definition) is 1. The summed E-state index contributed by atoms with van der Waals surface area (Å²) >= 11 is 0. The van der Waals surface area contributed by atoms with Crippen molar-refractivity contribution < 1.29 is 9.84 Å². The minimum absolute atomic E-state index is 0.132. The number of aryl methyl sites for hydroxylation is 1. The van der Waals surface area contributed by atoms with Crippen molar-refractivity contribution in [2.45, 2.75) is 13.8 Å². The molecule has 0 fully saturated rings. The number of benzene rings is 1. The first-order valence-electron chi connectivity index (χ1n) is 5.34. The Balaban J connectivity index is 2.87. The number of pyridine rings is 1. The van der Waals surface area contributed by atoms with E-state index in [1.807, 2.05) is 6.92 Å². The van der Waals surface area contributed by atoms with Gasteiger partial charge in [-0.05, 0) is 19.9 Å². The molecule has 4 nitrogen and oxygen atoms in total. The molecule has 86 valence electrons. The van der Waals surface area contributed by atoms with E-state index in [1.54, 1.807) is 25.1 Å². The molecule has 0 saturated heterocycles. The molecule has 1 aromatic heterocycles. The minimum atomic E-state index is 0.132. The van der Waals surface area contributed by atoms with Gasteiger partial charge in [-0.2, -0.15) is 5.26 Å². The maximum absolute atomic E-state index is 9.80. The largest absolute Gasteiger partial charge is 0.507 e. The maximum atomic E-state index is 9.80. The number of rotatable bonds is 2. The van der Waals surface area contributed by atoms with E-state index in [-0.39, 0.29) is 5.75 Å². The summed E-state index contributed by atoms with van der Waals surface area (Å²) < 4.78 is 5.34. The van der Waals surface area contributed by atoms with E-state index in [0.29, 0.717) is 34.5 Å². The Bertz CT molecular complexity index is 615. The highest BCUT2D eigenvalue weighted by Crippen LogP contribution is 2.32. The summed E-state index contributed by atoms with van der Waals surface area (Å²) in [6, 6.07) is 7.15. The zero-order chi connectivity index (χ0) is 12.4. The van der Waals surface area contributed by atoms with Crippen molar-refractivity contribution in [3.63, 3.8) is 0 Å². The van der Waals surface area contributed by atoms with Gasteiger partial charge in [0, 0.05) is 10.8 Å². The number of fused-ring (bicyclic) bond motifs is 1. The number of nitrogens with zero attached hydrogens (tertiary/aromatic N) is 2. The van der Waals surface area contributed by atoms with Gasteiger partial charge in [-0.1, -0.05) is 12.1 Å². The van der Waals surface area contributed by atoms with Gasteiger partial charge in [-0.15, -0.1) is 0 Å². The zero-order valence-corrected chi connectivity index (χ0v) is 9.69. The number of phenolic OH excluding ortho intramolecular Hbond substituents is 1. The van der Waals surface area contributed by atoms with Crippen molar-refractivity contribution in [3.05, 3.63) is 29.5 Å². The van der Waals surface area contributed by atoms with Crippen LogP contribution in [0.2, 0.25) is 0 Å². The molecule has 2 aromatic rings. The number of aromatic nitrogens is 1. The SMILES string of the molecule is CCOc1nc(C)c2c(O)cccc2c1C#N. The first-order valence-corrected chi connectivity index (χ1v) is 5.34. The molecule has 0 saturated carbocycles. The molecule has 0 amide bonds. The molecule has 17 heavy (non-hydrogen) atoms. The van der Waals surface area contributed by atoms with E-state index in [4.69, 9.17) is 4.74 Å². The van der Waals surface area contributed by atoms with E-state index in [9.17, 15) is 10.4 Å². The third-order valence-electron chi connectivity index (χ3n) is 2.55. The number of hydrogen-bond acceptors (Lipinski definition) is 4. The van der Waals surface area contributed by atoms with Gasteiger partial charge in [0.2, 0.25) is 5.88 Å². The third kappa shape index (κ3) is 1.76. The summed E-state index contributed by atoms with van der Waals surface area (Å²) in [7, 11) is 0. The van der Waals surface area contributed by atoms with Crippen LogP contribution in [0.5, 0.6) is 11.6 Å². The van der Waals surface area contributed by atoms with Crippen molar-refractivity contribution in [1.82, 2.24) is 4.98 Å². The second-order valence-corrected chi connectivity index (χ2v) is 3.62. The van der Waals surface area contributed by atoms with Gasteiger partial charge in [0.1, 0.15) is 17.4 Å². The van der Waals surface area contributed by atoms with Crippen LogP contribution in [-0.2, 0) is 0 Å². The monoisotopic (exact) mass is 228 g/mol. The third-order valence-corrected chi connectivity index (χ3v) is 2.55. The molecule has 4 heteroatoms. The van der Waals surface area contributed by atoms with Crippen LogP contribution in [0.3, 0.4) is 0 Å². The highest BCUT2D eigenvalue weighted by atomic mass is 16.5. The van der Waals surface area contributed by atoms with Gasteiger partial charge < -0.3 is 9.84 Å². The molecule has 0 aliphatic carbocycles. The van der Waals surface area contributed by atoms with E-state index >= 15 is 0 Å². The normalized spacial score (nSPS) is 10.2. The second-order valence-electron chi connectivity index (χ2n) is 3.62. The van der Waals surface area contributed by atoms with Gasteiger partial charge in [0.25, 0.3) is 0 Å². The van der Waals surface area contributed by atoms with Crippen LogP contribution in [0.15, 0.2) is 18.2 Å².